The largest absolute Gasteiger partial charge is 0.368 e. The molecular weight excluding hydrogens is 238 g/mol. The molecule has 0 aliphatic heterocycles. The van der Waals surface area contributed by atoms with Crippen LogP contribution in [0.5, 0.6) is 0 Å². The minimum absolute atomic E-state index is 0.246. The summed E-state index contributed by atoms with van der Waals surface area (Å²) in [6.45, 7) is 11.5. The standard InChI is InChI=1S/C15H31N3O/c1-5-9-18(11-13-6-7-13)10-8-15(4,14(16)19)17-12(2)3/h12-13,17H,5-11H2,1-4H3,(H2,16,19). The highest BCUT2D eigenvalue weighted by molar-refractivity contribution is 5.84. The average Bonchev–Trinajstić information content (AvgIpc) is 3.09. The van der Waals surface area contributed by atoms with Gasteiger partial charge in [0.2, 0.25) is 5.91 Å². The van der Waals surface area contributed by atoms with Crippen LogP contribution in [0.25, 0.3) is 0 Å². The fourth-order valence-corrected chi connectivity index (χ4v) is 2.56. The molecule has 0 aromatic carbocycles. The lowest BCUT2D eigenvalue weighted by Gasteiger charge is -2.32. The normalized spacial score (nSPS) is 18.8. The zero-order chi connectivity index (χ0) is 14.5. The molecule has 4 heteroatoms. The second kappa shape index (κ2) is 7.25. The topological polar surface area (TPSA) is 58.4 Å². The summed E-state index contributed by atoms with van der Waals surface area (Å²) in [6, 6.07) is 0.264. The lowest BCUT2D eigenvalue weighted by Crippen LogP contribution is -2.56. The van der Waals surface area contributed by atoms with E-state index in [1.54, 1.807) is 0 Å². The van der Waals surface area contributed by atoms with E-state index in [4.69, 9.17) is 5.73 Å². The summed E-state index contributed by atoms with van der Waals surface area (Å²) in [5, 5.41) is 3.32. The second-order valence-corrected chi connectivity index (χ2v) is 6.49. The summed E-state index contributed by atoms with van der Waals surface area (Å²) >= 11 is 0. The first-order valence-electron chi connectivity index (χ1n) is 7.67. The smallest absolute Gasteiger partial charge is 0.237 e. The fourth-order valence-electron chi connectivity index (χ4n) is 2.56. The summed E-state index contributed by atoms with van der Waals surface area (Å²) < 4.78 is 0. The summed E-state index contributed by atoms with van der Waals surface area (Å²) in [5.74, 6) is 0.647. The third kappa shape index (κ3) is 5.91. The van der Waals surface area contributed by atoms with E-state index in [0.717, 1.165) is 31.8 Å². The first kappa shape index (κ1) is 16.4. The van der Waals surface area contributed by atoms with Gasteiger partial charge < -0.3 is 16.0 Å². The van der Waals surface area contributed by atoms with Crippen LogP contribution < -0.4 is 11.1 Å². The Morgan fingerprint density at radius 2 is 2.05 bits per heavy atom. The highest BCUT2D eigenvalue weighted by atomic mass is 16.1. The second-order valence-electron chi connectivity index (χ2n) is 6.49. The van der Waals surface area contributed by atoms with Gasteiger partial charge in [-0.2, -0.15) is 0 Å². The molecule has 0 bridgehead atoms. The third-order valence-electron chi connectivity index (χ3n) is 3.83. The van der Waals surface area contributed by atoms with Crippen LogP contribution in [0.1, 0.15) is 53.4 Å². The molecular formula is C15H31N3O. The fraction of sp³-hybridized carbons (Fsp3) is 0.933. The van der Waals surface area contributed by atoms with Crippen molar-refractivity contribution in [2.75, 3.05) is 19.6 Å². The van der Waals surface area contributed by atoms with E-state index in [9.17, 15) is 4.79 Å². The molecule has 1 amide bonds. The highest BCUT2D eigenvalue weighted by Gasteiger charge is 2.32. The van der Waals surface area contributed by atoms with Gasteiger partial charge in [-0.25, -0.2) is 0 Å². The van der Waals surface area contributed by atoms with Crippen LogP contribution in [0.2, 0.25) is 0 Å². The Labute approximate surface area is 118 Å². The Bertz CT molecular complexity index is 289. The van der Waals surface area contributed by atoms with E-state index in [1.165, 1.54) is 19.4 Å². The number of carbonyl (C=O) groups excluding carboxylic acids is 1. The van der Waals surface area contributed by atoms with E-state index >= 15 is 0 Å². The number of nitrogens with one attached hydrogen (secondary N) is 1. The van der Waals surface area contributed by atoms with Crippen LogP contribution >= 0.6 is 0 Å². The van der Waals surface area contributed by atoms with Crippen molar-refractivity contribution in [3.05, 3.63) is 0 Å². The summed E-state index contributed by atoms with van der Waals surface area (Å²) in [5.41, 5.74) is 4.98. The van der Waals surface area contributed by atoms with Gasteiger partial charge in [-0.15, -0.1) is 0 Å². The molecule has 0 heterocycles. The maximum atomic E-state index is 11.7. The number of nitrogens with zero attached hydrogens (tertiary/aromatic N) is 1. The summed E-state index contributed by atoms with van der Waals surface area (Å²) in [6.07, 6.45) is 4.69. The van der Waals surface area contributed by atoms with Crippen LogP contribution in [0, 0.1) is 5.92 Å². The van der Waals surface area contributed by atoms with Gasteiger partial charge in [0.1, 0.15) is 0 Å². The predicted molar refractivity (Wildman–Crippen MR) is 79.9 cm³/mol. The molecule has 1 saturated carbocycles. The zero-order valence-electron chi connectivity index (χ0n) is 13.0. The maximum absolute atomic E-state index is 11.7. The molecule has 1 atom stereocenters. The molecule has 112 valence electrons. The van der Waals surface area contributed by atoms with E-state index in [-0.39, 0.29) is 11.9 Å². The lowest BCUT2D eigenvalue weighted by molar-refractivity contribution is -0.124. The van der Waals surface area contributed by atoms with E-state index in [2.05, 4.69) is 31.0 Å². The molecule has 1 unspecified atom stereocenters. The van der Waals surface area contributed by atoms with Crippen molar-refractivity contribution >= 4 is 5.91 Å². The minimum atomic E-state index is -0.594. The van der Waals surface area contributed by atoms with Gasteiger partial charge in [0.15, 0.2) is 0 Å². The van der Waals surface area contributed by atoms with Crippen molar-refractivity contribution in [1.82, 2.24) is 10.2 Å². The van der Waals surface area contributed by atoms with Gasteiger partial charge in [-0.1, -0.05) is 6.92 Å². The molecule has 1 aliphatic carbocycles. The Hall–Kier alpha value is -0.610. The monoisotopic (exact) mass is 269 g/mol. The molecule has 1 fully saturated rings. The minimum Gasteiger partial charge on any atom is -0.368 e. The predicted octanol–water partition coefficient (Wildman–Crippen LogP) is 1.74. The molecule has 1 aliphatic rings. The third-order valence-corrected chi connectivity index (χ3v) is 3.83. The van der Waals surface area contributed by atoms with Crippen LogP contribution in [0.4, 0.5) is 0 Å². The number of carbonyl (C=O) groups is 1. The lowest BCUT2D eigenvalue weighted by atomic mass is 9.95. The van der Waals surface area contributed by atoms with Crippen LogP contribution in [0.3, 0.4) is 0 Å². The van der Waals surface area contributed by atoms with Gasteiger partial charge in [-0.05, 0) is 58.9 Å². The first-order valence-corrected chi connectivity index (χ1v) is 7.67. The van der Waals surface area contributed by atoms with Gasteiger partial charge >= 0.3 is 0 Å². The first-order chi connectivity index (χ1) is 8.87. The van der Waals surface area contributed by atoms with Gasteiger partial charge in [0.25, 0.3) is 0 Å². The van der Waals surface area contributed by atoms with Crippen LogP contribution in [-0.2, 0) is 4.79 Å². The molecule has 0 spiro atoms. The average molecular weight is 269 g/mol. The molecule has 0 radical (unpaired) electrons. The molecule has 0 aromatic rings. The number of hydrogen-bond donors (Lipinski definition) is 2. The number of amides is 1. The van der Waals surface area contributed by atoms with E-state index in [0.29, 0.717) is 0 Å². The molecule has 0 aromatic heterocycles. The van der Waals surface area contributed by atoms with E-state index < -0.39 is 5.54 Å². The Kier molecular flexibility index (Phi) is 6.27. The van der Waals surface area contributed by atoms with Crippen molar-refractivity contribution in [2.45, 2.75) is 65.0 Å². The number of rotatable bonds is 10. The number of hydrogen-bond acceptors (Lipinski definition) is 3. The number of primary amides is 1. The van der Waals surface area contributed by atoms with Crippen molar-refractivity contribution in [3.8, 4) is 0 Å². The van der Waals surface area contributed by atoms with Crippen LogP contribution in [0.15, 0.2) is 0 Å². The highest BCUT2D eigenvalue weighted by Crippen LogP contribution is 2.30. The summed E-state index contributed by atoms with van der Waals surface area (Å²) in [4.78, 5) is 14.2. The quantitative estimate of drug-likeness (QED) is 0.635. The van der Waals surface area contributed by atoms with Crippen molar-refractivity contribution in [3.63, 3.8) is 0 Å². The Morgan fingerprint density at radius 3 is 2.47 bits per heavy atom. The van der Waals surface area contributed by atoms with Gasteiger partial charge in [-0.3, -0.25) is 4.79 Å². The van der Waals surface area contributed by atoms with Crippen molar-refractivity contribution in [1.29, 1.82) is 0 Å². The molecule has 1 rings (SSSR count). The SMILES string of the molecule is CCCN(CCC(C)(NC(C)C)C(N)=O)CC1CC1. The molecule has 4 nitrogen and oxygen atoms in total. The van der Waals surface area contributed by atoms with Crippen molar-refractivity contribution in [2.24, 2.45) is 11.7 Å². The van der Waals surface area contributed by atoms with E-state index in [1.807, 2.05) is 6.92 Å². The Morgan fingerprint density at radius 1 is 1.42 bits per heavy atom. The molecule has 3 N–H and O–H groups in total. The van der Waals surface area contributed by atoms with Gasteiger partial charge in [0, 0.05) is 19.1 Å². The molecule has 19 heavy (non-hydrogen) atoms. The molecule has 0 saturated heterocycles. The van der Waals surface area contributed by atoms with Crippen molar-refractivity contribution < 1.29 is 4.79 Å². The zero-order valence-corrected chi connectivity index (χ0v) is 13.0. The Balaban J connectivity index is 2.49. The maximum Gasteiger partial charge on any atom is 0.237 e. The van der Waals surface area contributed by atoms with Crippen LogP contribution in [-0.4, -0.2) is 42.0 Å². The number of nitrogens with two attached hydrogens (primary N) is 1. The van der Waals surface area contributed by atoms with Gasteiger partial charge in [0.05, 0.1) is 5.54 Å². The summed E-state index contributed by atoms with van der Waals surface area (Å²) in [7, 11) is 0.